The Bertz CT molecular complexity index is 649. The molecule has 0 saturated carbocycles. The van der Waals surface area contributed by atoms with Crippen molar-refractivity contribution in [2.75, 3.05) is 0 Å². The van der Waals surface area contributed by atoms with E-state index in [-0.39, 0.29) is 11.0 Å². The van der Waals surface area contributed by atoms with Gasteiger partial charge < -0.3 is 4.98 Å². The molecule has 1 heterocycles. The van der Waals surface area contributed by atoms with Gasteiger partial charge in [-0.2, -0.15) is 22.0 Å². The van der Waals surface area contributed by atoms with Crippen LogP contribution in [0.5, 0.6) is 0 Å². The molecule has 2 rings (SSSR count). The smallest absolute Gasteiger partial charge is 0.336 e. The van der Waals surface area contributed by atoms with Crippen LogP contribution in [0.15, 0.2) is 18.2 Å². The Morgan fingerprint density at radius 1 is 1.21 bits per heavy atom. The van der Waals surface area contributed by atoms with Crippen LogP contribution >= 0.6 is 0 Å². The van der Waals surface area contributed by atoms with E-state index in [4.69, 9.17) is 0 Å². The van der Waals surface area contributed by atoms with Crippen molar-refractivity contribution in [3.63, 3.8) is 0 Å². The fraction of sp³-hybridized carbons (Fsp3) is 0.222. The summed E-state index contributed by atoms with van der Waals surface area (Å²) in [6, 6.07) is 2.77. The monoisotopic (exact) mass is 281 g/mol. The molecule has 0 aliphatic rings. The number of nitrogens with one attached hydrogen (secondary N) is 1. The molecule has 0 unspecified atom stereocenters. The van der Waals surface area contributed by atoms with Crippen LogP contribution in [0.3, 0.4) is 0 Å². The first-order chi connectivity index (χ1) is 8.63. The number of benzene rings is 1. The van der Waals surface area contributed by atoms with Crippen molar-refractivity contribution in [1.29, 1.82) is 0 Å². The summed E-state index contributed by atoms with van der Waals surface area (Å²) in [7, 11) is 0. The molecule has 1 aromatic heterocycles. The van der Waals surface area contributed by atoms with Crippen LogP contribution in [0.1, 0.15) is 5.82 Å². The van der Waals surface area contributed by atoms with Gasteiger partial charge in [-0.05, 0) is 6.07 Å². The van der Waals surface area contributed by atoms with Crippen LogP contribution < -0.4 is 0 Å². The van der Waals surface area contributed by atoms with E-state index in [2.05, 4.69) is 4.98 Å². The lowest BCUT2D eigenvalue weighted by Crippen LogP contribution is -2.34. The largest absolute Gasteiger partial charge is 0.461 e. The fourth-order valence-electron chi connectivity index (χ4n) is 1.39. The van der Waals surface area contributed by atoms with Gasteiger partial charge in [0, 0.05) is 12.1 Å². The van der Waals surface area contributed by atoms with E-state index < -0.39 is 28.5 Å². The SMILES string of the molecule is O=[N+]([O-])c1ccc2nc(C(F)(F)C(F)(F)F)[nH]c2c1. The molecule has 5 nitrogen and oxygen atoms in total. The quantitative estimate of drug-likeness (QED) is 0.522. The van der Waals surface area contributed by atoms with Crippen molar-refractivity contribution in [2.24, 2.45) is 0 Å². The lowest BCUT2D eigenvalue weighted by Gasteiger charge is -2.16. The Morgan fingerprint density at radius 2 is 1.84 bits per heavy atom. The van der Waals surface area contributed by atoms with Gasteiger partial charge in [0.1, 0.15) is 0 Å². The van der Waals surface area contributed by atoms with Gasteiger partial charge in [0.15, 0.2) is 5.82 Å². The second-order valence-electron chi connectivity index (χ2n) is 3.62. The Morgan fingerprint density at radius 3 is 2.37 bits per heavy atom. The fourth-order valence-corrected chi connectivity index (χ4v) is 1.39. The summed E-state index contributed by atoms with van der Waals surface area (Å²) >= 11 is 0. The zero-order valence-corrected chi connectivity index (χ0v) is 8.83. The third-order valence-electron chi connectivity index (χ3n) is 2.33. The van der Waals surface area contributed by atoms with Gasteiger partial charge in [0.25, 0.3) is 5.69 Å². The number of fused-ring (bicyclic) bond motifs is 1. The van der Waals surface area contributed by atoms with E-state index in [1.807, 2.05) is 0 Å². The zero-order chi connectivity index (χ0) is 14.4. The third-order valence-corrected chi connectivity index (χ3v) is 2.33. The number of aromatic amines is 1. The highest BCUT2D eigenvalue weighted by atomic mass is 19.4. The number of alkyl halides is 5. The van der Waals surface area contributed by atoms with Crippen LogP contribution in [-0.4, -0.2) is 21.1 Å². The van der Waals surface area contributed by atoms with Crippen molar-refractivity contribution >= 4 is 16.7 Å². The Labute approximate surface area is 101 Å². The van der Waals surface area contributed by atoms with Gasteiger partial charge >= 0.3 is 12.1 Å². The summed E-state index contributed by atoms with van der Waals surface area (Å²) in [6.07, 6.45) is -5.80. The second-order valence-corrected chi connectivity index (χ2v) is 3.62. The van der Waals surface area contributed by atoms with Gasteiger partial charge in [-0.3, -0.25) is 10.1 Å². The molecule has 0 bridgehead atoms. The Hall–Kier alpha value is -2.26. The zero-order valence-electron chi connectivity index (χ0n) is 8.83. The highest BCUT2D eigenvalue weighted by Crippen LogP contribution is 2.43. The number of hydrogen-bond donors (Lipinski definition) is 1. The maximum atomic E-state index is 13.0. The van der Waals surface area contributed by atoms with Crippen LogP contribution in [0.4, 0.5) is 27.6 Å². The lowest BCUT2D eigenvalue weighted by molar-refractivity contribution is -0.384. The molecule has 1 N–H and O–H groups in total. The molecule has 0 aliphatic carbocycles. The minimum atomic E-state index is -5.80. The van der Waals surface area contributed by atoms with Gasteiger partial charge in [0.2, 0.25) is 0 Å². The van der Waals surface area contributed by atoms with Crippen molar-refractivity contribution in [3.05, 3.63) is 34.1 Å². The molecule has 0 aliphatic heterocycles. The molecular weight excluding hydrogens is 277 g/mol. The topological polar surface area (TPSA) is 71.8 Å². The van der Waals surface area contributed by atoms with E-state index in [1.165, 1.54) is 0 Å². The van der Waals surface area contributed by atoms with Gasteiger partial charge in [-0.15, -0.1) is 0 Å². The maximum Gasteiger partial charge on any atom is 0.461 e. The number of nitro groups is 1. The van der Waals surface area contributed by atoms with Gasteiger partial charge in [0.05, 0.1) is 16.0 Å². The maximum absolute atomic E-state index is 13.0. The van der Waals surface area contributed by atoms with Crippen LogP contribution in [0, 0.1) is 10.1 Å². The van der Waals surface area contributed by atoms with Crippen LogP contribution in [0.2, 0.25) is 0 Å². The summed E-state index contributed by atoms with van der Waals surface area (Å²) in [5.41, 5.74) is -0.935. The number of H-pyrrole nitrogens is 1. The molecule has 0 spiro atoms. The highest BCUT2D eigenvalue weighted by Gasteiger charge is 2.61. The van der Waals surface area contributed by atoms with E-state index >= 15 is 0 Å². The second kappa shape index (κ2) is 3.87. The number of rotatable bonds is 2. The van der Waals surface area contributed by atoms with E-state index in [0.717, 1.165) is 18.2 Å². The van der Waals surface area contributed by atoms with Gasteiger partial charge in [-0.1, -0.05) is 0 Å². The number of aromatic nitrogens is 2. The lowest BCUT2D eigenvalue weighted by atomic mass is 10.3. The standard InChI is InChI=1S/C9H4F5N3O2/c10-8(11,9(12,13)14)7-15-5-2-1-4(17(18)19)3-6(5)16-7/h1-3H,(H,15,16). The molecule has 0 fully saturated rings. The first kappa shape index (κ1) is 13.2. The molecule has 102 valence electrons. The van der Waals surface area contributed by atoms with Gasteiger partial charge in [-0.25, -0.2) is 4.98 Å². The predicted molar refractivity (Wildman–Crippen MR) is 52.7 cm³/mol. The number of hydrogen-bond acceptors (Lipinski definition) is 3. The number of nitrogens with zero attached hydrogens (tertiary/aromatic N) is 2. The molecule has 10 heteroatoms. The minimum absolute atomic E-state index is 0.218. The molecule has 2 aromatic rings. The average molecular weight is 281 g/mol. The summed E-state index contributed by atoms with van der Waals surface area (Å²) in [5.74, 6) is -6.75. The average Bonchev–Trinajstić information content (AvgIpc) is 2.70. The summed E-state index contributed by atoms with van der Waals surface area (Å²) in [4.78, 5) is 14.5. The van der Waals surface area contributed by atoms with Crippen LogP contribution in [-0.2, 0) is 5.92 Å². The number of non-ortho nitro benzene ring substituents is 1. The Kier molecular flexibility index (Phi) is 2.68. The highest BCUT2D eigenvalue weighted by molar-refractivity contribution is 5.77. The molecule has 0 radical (unpaired) electrons. The van der Waals surface area contributed by atoms with E-state index in [0.29, 0.717) is 0 Å². The first-order valence-electron chi connectivity index (χ1n) is 4.72. The number of imidazole rings is 1. The van der Waals surface area contributed by atoms with Crippen molar-refractivity contribution in [2.45, 2.75) is 12.1 Å². The molecule has 19 heavy (non-hydrogen) atoms. The van der Waals surface area contributed by atoms with E-state index in [9.17, 15) is 32.1 Å². The minimum Gasteiger partial charge on any atom is -0.336 e. The summed E-state index contributed by atoms with van der Waals surface area (Å²) < 4.78 is 62.4. The molecular formula is C9H4F5N3O2. The number of nitro benzene ring substituents is 1. The normalized spacial score (nSPS) is 12.9. The van der Waals surface area contributed by atoms with Crippen LogP contribution in [0.25, 0.3) is 11.0 Å². The molecule has 0 atom stereocenters. The first-order valence-corrected chi connectivity index (χ1v) is 4.72. The molecule has 0 amide bonds. The molecule has 1 aromatic carbocycles. The predicted octanol–water partition coefficient (Wildman–Crippen LogP) is 3.13. The molecule has 0 saturated heterocycles. The summed E-state index contributed by atoms with van der Waals surface area (Å²) in [5, 5.41) is 10.5. The van der Waals surface area contributed by atoms with Crippen molar-refractivity contribution in [3.8, 4) is 0 Å². The summed E-state index contributed by atoms with van der Waals surface area (Å²) in [6.45, 7) is 0. The van der Waals surface area contributed by atoms with Crippen molar-refractivity contribution in [1.82, 2.24) is 9.97 Å². The van der Waals surface area contributed by atoms with Crippen molar-refractivity contribution < 1.29 is 26.9 Å². The third kappa shape index (κ3) is 2.09. The van der Waals surface area contributed by atoms with E-state index in [1.54, 1.807) is 4.98 Å². The number of halogens is 5. The Balaban J connectivity index is 2.56.